The van der Waals surface area contributed by atoms with Crippen molar-refractivity contribution < 1.29 is 14.3 Å². The lowest BCUT2D eigenvalue weighted by Crippen LogP contribution is -2.01. The van der Waals surface area contributed by atoms with Gasteiger partial charge in [-0.15, -0.1) is 0 Å². The second-order valence-corrected chi connectivity index (χ2v) is 4.34. The van der Waals surface area contributed by atoms with Gasteiger partial charge in [0.15, 0.2) is 0 Å². The summed E-state index contributed by atoms with van der Waals surface area (Å²) in [6, 6.07) is 9.31. The summed E-state index contributed by atoms with van der Waals surface area (Å²) in [6.07, 6.45) is 0. The molecule has 0 unspecified atom stereocenters. The fraction of sp³-hybridized carbons (Fsp3) is 0.0714. The van der Waals surface area contributed by atoms with Gasteiger partial charge < -0.3 is 5.11 Å². The molecule has 0 heterocycles. The van der Waals surface area contributed by atoms with Gasteiger partial charge in [-0.2, -0.15) is 0 Å². The molecule has 0 aliphatic rings. The average Bonchev–Trinajstić information content (AvgIpc) is 2.32. The fourth-order valence-corrected chi connectivity index (χ4v) is 2.05. The van der Waals surface area contributed by atoms with E-state index in [1.807, 2.05) is 0 Å². The standard InChI is InChI=1S/C14H10ClFO2/c1-8-7-9(5-6-12(8)16)10-3-2-4-11(15)13(10)14(17)18/h2-7H,1H3,(H,17,18). The van der Waals surface area contributed by atoms with Gasteiger partial charge >= 0.3 is 5.97 Å². The molecule has 0 radical (unpaired) electrons. The Hall–Kier alpha value is -1.87. The highest BCUT2D eigenvalue weighted by atomic mass is 35.5. The van der Waals surface area contributed by atoms with E-state index in [1.165, 1.54) is 12.1 Å². The third kappa shape index (κ3) is 2.22. The van der Waals surface area contributed by atoms with E-state index in [0.717, 1.165) is 0 Å². The molecule has 0 amide bonds. The van der Waals surface area contributed by atoms with E-state index in [2.05, 4.69) is 0 Å². The van der Waals surface area contributed by atoms with Crippen molar-refractivity contribution in [3.05, 3.63) is 58.4 Å². The molecule has 0 fully saturated rings. The number of carbonyl (C=O) groups is 1. The largest absolute Gasteiger partial charge is 0.478 e. The molecule has 92 valence electrons. The number of halogens is 2. The Bertz CT molecular complexity index is 623. The molecule has 2 aromatic rings. The van der Waals surface area contributed by atoms with E-state index in [1.54, 1.807) is 31.2 Å². The average molecular weight is 265 g/mol. The van der Waals surface area contributed by atoms with Crippen molar-refractivity contribution in [2.75, 3.05) is 0 Å². The number of benzene rings is 2. The molecule has 0 atom stereocenters. The first-order valence-electron chi connectivity index (χ1n) is 5.29. The first-order chi connectivity index (χ1) is 8.50. The molecule has 2 aromatic carbocycles. The Morgan fingerprint density at radius 1 is 1.28 bits per heavy atom. The number of rotatable bonds is 2. The van der Waals surface area contributed by atoms with Crippen molar-refractivity contribution in [2.45, 2.75) is 6.92 Å². The SMILES string of the molecule is Cc1cc(-c2cccc(Cl)c2C(=O)O)ccc1F. The molecule has 2 nitrogen and oxygen atoms in total. The number of hydrogen-bond acceptors (Lipinski definition) is 1. The van der Waals surface area contributed by atoms with Gasteiger partial charge in [0, 0.05) is 0 Å². The zero-order chi connectivity index (χ0) is 13.3. The molecular formula is C14H10ClFO2. The van der Waals surface area contributed by atoms with Crippen molar-refractivity contribution in [3.63, 3.8) is 0 Å². The van der Waals surface area contributed by atoms with Gasteiger partial charge in [0.05, 0.1) is 10.6 Å². The number of hydrogen-bond donors (Lipinski definition) is 1. The third-order valence-electron chi connectivity index (χ3n) is 2.70. The van der Waals surface area contributed by atoms with E-state index >= 15 is 0 Å². The van der Waals surface area contributed by atoms with E-state index < -0.39 is 5.97 Å². The highest BCUT2D eigenvalue weighted by Crippen LogP contribution is 2.30. The quantitative estimate of drug-likeness (QED) is 0.885. The monoisotopic (exact) mass is 264 g/mol. The number of carboxylic acids is 1. The van der Waals surface area contributed by atoms with Crippen molar-refractivity contribution in [2.24, 2.45) is 0 Å². The molecule has 4 heteroatoms. The number of carboxylic acid groups (broad SMARTS) is 1. The Labute approximate surface area is 109 Å². The molecule has 1 N–H and O–H groups in total. The lowest BCUT2D eigenvalue weighted by atomic mass is 9.98. The normalized spacial score (nSPS) is 10.4. The zero-order valence-corrected chi connectivity index (χ0v) is 10.3. The van der Waals surface area contributed by atoms with Gasteiger partial charge in [-0.05, 0) is 41.8 Å². The van der Waals surface area contributed by atoms with Crippen LogP contribution in [0, 0.1) is 12.7 Å². The van der Waals surface area contributed by atoms with Crippen LogP contribution in [-0.2, 0) is 0 Å². The zero-order valence-electron chi connectivity index (χ0n) is 9.58. The Morgan fingerprint density at radius 3 is 2.61 bits per heavy atom. The summed E-state index contributed by atoms with van der Waals surface area (Å²) in [5.41, 5.74) is 1.61. The first-order valence-corrected chi connectivity index (χ1v) is 5.67. The second-order valence-electron chi connectivity index (χ2n) is 3.93. The van der Waals surface area contributed by atoms with E-state index in [4.69, 9.17) is 11.6 Å². The summed E-state index contributed by atoms with van der Waals surface area (Å²) in [6.45, 7) is 1.63. The molecule has 0 spiro atoms. The van der Waals surface area contributed by atoms with Crippen molar-refractivity contribution in [3.8, 4) is 11.1 Å². The predicted molar refractivity (Wildman–Crippen MR) is 68.5 cm³/mol. The van der Waals surface area contributed by atoms with Crippen LogP contribution in [0.3, 0.4) is 0 Å². The summed E-state index contributed by atoms with van der Waals surface area (Å²) in [5, 5.41) is 9.34. The minimum atomic E-state index is -1.10. The molecule has 0 bridgehead atoms. The molecule has 18 heavy (non-hydrogen) atoms. The Balaban J connectivity index is 2.67. The maximum Gasteiger partial charge on any atom is 0.337 e. The van der Waals surface area contributed by atoms with Crippen LogP contribution >= 0.6 is 11.6 Å². The summed E-state index contributed by atoms with van der Waals surface area (Å²) < 4.78 is 13.2. The van der Waals surface area contributed by atoms with Crippen LogP contribution in [0.15, 0.2) is 36.4 Å². The minimum Gasteiger partial charge on any atom is -0.478 e. The van der Waals surface area contributed by atoms with Gasteiger partial charge in [-0.3, -0.25) is 0 Å². The maximum atomic E-state index is 13.2. The Kier molecular flexibility index (Phi) is 3.34. The molecule has 0 saturated carbocycles. The minimum absolute atomic E-state index is 0.0326. The van der Waals surface area contributed by atoms with Crippen LogP contribution in [0.4, 0.5) is 4.39 Å². The smallest absolute Gasteiger partial charge is 0.337 e. The third-order valence-corrected chi connectivity index (χ3v) is 3.01. The second kappa shape index (κ2) is 4.78. The molecule has 0 saturated heterocycles. The molecule has 2 rings (SSSR count). The molecule has 0 aromatic heterocycles. The number of aryl methyl sites for hydroxylation is 1. The maximum absolute atomic E-state index is 13.2. The lowest BCUT2D eigenvalue weighted by Gasteiger charge is -2.09. The summed E-state index contributed by atoms with van der Waals surface area (Å²) in [4.78, 5) is 11.2. The predicted octanol–water partition coefficient (Wildman–Crippen LogP) is 4.15. The van der Waals surface area contributed by atoms with Gasteiger partial charge in [-0.25, -0.2) is 9.18 Å². The lowest BCUT2D eigenvalue weighted by molar-refractivity contribution is 0.0698. The van der Waals surface area contributed by atoms with Crippen LogP contribution in [0.25, 0.3) is 11.1 Å². The van der Waals surface area contributed by atoms with Crippen LogP contribution in [0.1, 0.15) is 15.9 Å². The highest BCUT2D eigenvalue weighted by molar-refractivity contribution is 6.34. The summed E-state index contributed by atoms with van der Waals surface area (Å²) >= 11 is 5.89. The van der Waals surface area contributed by atoms with Crippen LogP contribution < -0.4 is 0 Å². The molecule has 0 aliphatic carbocycles. The Morgan fingerprint density at radius 2 is 2.00 bits per heavy atom. The summed E-state index contributed by atoms with van der Waals surface area (Å²) in [5.74, 6) is -1.42. The van der Waals surface area contributed by atoms with E-state index in [-0.39, 0.29) is 16.4 Å². The van der Waals surface area contributed by atoms with Crippen molar-refractivity contribution >= 4 is 17.6 Å². The van der Waals surface area contributed by atoms with E-state index in [9.17, 15) is 14.3 Å². The van der Waals surface area contributed by atoms with Gasteiger partial charge in [0.2, 0.25) is 0 Å². The van der Waals surface area contributed by atoms with Gasteiger partial charge in [0.1, 0.15) is 5.82 Å². The first kappa shape index (κ1) is 12.6. The van der Waals surface area contributed by atoms with Crippen molar-refractivity contribution in [1.29, 1.82) is 0 Å². The molecule has 0 aliphatic heterocycles. The fourth-order valence-electron chi connectivity index (χ4n) is 1.79. The van der Waals surface area contributed by atoms with Crippen molar-refractivity contribution in [1.82, 2.24) is 0 Å². The van der Waals surface area contributed by atoms with Gasteiger partial charge in [-0.1, -0.05) is 29.8 Å². The van der Waals surface area contributed by atoms with Crippen LogP contribution in [0.5, 0.6) is 0 Å². The van der Waals surface area contributed by atoms with Crippen LogP contribution in [-0.4, -0.2) is 11.1 Å². The topological polar surface area (TPSA) is 37.3 Å². The highest BCUT2D eigenvalue weighted by Gasteiger charge is 2.15. The van der Waals surface area contributed by atoms with Gasteiger partial charge in [0.25, 0.3) is 0 Å². The van der Waals surface area contributed by atoms with E-state index in [0.29, 0.717) is 16.7 Å². The molecular weight excluding hydrogens is 255 g/mol. The summed E-state index contributed by atoms with van der Waals surface area (Å²) in [7, 11) is 0. The number of aromatic carboxylic acids is 1. The van der Waals surface area contributed by atoms with Crippen LogP contribution in [0.2, 0.25) is 5.02 Å².